The van der Waals surface area contributed by atoms with Gasteiger partial charge in [0.1, 0.15) is 0 Å². The van der Waals surface area contributed by atoms with E-state index in [9.17, 15) is 10.2 Å². The van der Waals surface area contributed by atoms with Crippen LogP contribution in [0.2, 0.25) is 0 Å². The summed E-state index contributed by atoms with van der Waals surface area (Å²) in [6, 6.07) is 1.84. The summed E-state index contributed by atoms with van der Waals surface area (Å²) in [5.74, 6) is 0.225. The molecule has 0 saturated carbocycles. The van der Waals surface area contributed by atoms with Crippen molar-refractivity contribution < 1.29 is 10.2 Å². The highest BCUT2D eigenvalue weighted by atomic mass is 16.3. The molecule has 0 aliphatic heterocycles. The Labute approximate surface area is 162 Å². The van der Waals surface area contributed by atoms with Crippen molar-refractivity contribution in [2.24, 2.45) is 0 Å². The summed E-state index contributed by atoms with van der Waals surface area (Å²) in [5.41, 5.74) is 3.64. The summed E-state index contributed by atoms with van der Waals surface area (Å²) in [6.45, 7) is 6.70. The maximum absolute atomic E-state index is 10.5. The molecular weight excluding hydrogens is 320 g/mol. The van der Waals surface area contributed by atoms with Crippen LogP contribution in [0.25, 0.3) is 0 Å². The largest absolute Gasteiger partial charge is 0.504 e. The molecule has 0 heterocycles. The minimum atomic E-state index is 0.0818. The van der Waals surface area contributed by atoms with Gasteiger partial charge < -0.3 is 10.2 Å². The molecule has 26 heavy (non-hydrogen) atoms. The molecule has 0 atom stereocenters. The van der Waals surface area contributed by atoms with Crippen LogP contribution >= 0.6 is 0 Å². The van der Waals surface area contributed by atoms with Crippen molar-refractivity contribution in [3.05, 3.63) is 22.8 Å². The lowest BCUT2D eigenvalue weighted by Gasteiger charge is -2.18. The molecule has 0 spiro atoms. The van der Waals surface area contributed by atoms with Gasteiger partial charge in [-0.05, 0) is 55.7 Å². The van der Waals surface area contributed by atoms with Crippen molar-refractivity contribution >= 4 is 0 Å². The molecule has 1 rings (SSSR count). The van der Waals surface area contributed by atoms with Gasteiger partial charge in [-0.2, -0.15) is 0 Å². The SMILES string of the molecule is CCCCCCc1cc(O)c(O)c(CCCCCC)c1CCCCCC. The van der Waals surface area contributed by atoms with E-state index in [0.717, 1.165) is 31.2 Å². The van der Waals surface area contributed by atoms with Crippen LogP contribution < -0.4 is 0 Å². The fraction of sp³-hybridized carbons (Fsp3) is 0.750. The Morgan fingerprint density at radius 1 is 0.577 bits per heavy atom. The number of rotatable bonds is 15. The Hall–Kier alpha value is -1.18. The first-order valence-electron chi connectivity index (χ1n) is 11.2. The molecule has 0 amide bonds. The maximum Gasteiger partial charge on any atom is 0.160 e. The van der Waals surface area contributed by atoms with E-state index in [4.69, 9.17) is 0 Å². The summed E-state index contributed by atoms with van der Waals surface area (Å²) in [6.07, 6.45) is 17.6. The third kappa shape index (κ3) is 8.01. The maximum atomic E-state index is 10.5. The van der Waals surface area contributed by atoms with E-state index in [1.54, 1.807) is 0 Å². The molecule has 0 unspecified atom stereocenters. The summed E-state index contributed by atoms with van der Waals surface area (Å²) in [7, 11) is 0. The fourth-order valence-corrected chi connectivity index (χ4v) is 3.81. The van der Waals surface area contributed by atoms with Crippen LogP contribution in [0.1, 0.15) is 115 Å². The topological polar surface area (TPSA) is 40.5 Å². The molecular formula is C24H42O2. The zero-order valence-corrected chi connectivity index (χ0v) is 17.6. The molecule has 0 fully saturated rings. The number of hydrogen-bond donors (Lipinski definition) is 2. The van der Waals surface area contributed by atoms with Crippen molar-refractivity contribution in [3.8, 4) is 11.5 Å². The highest BCUT2D eigenvalue weighted by Gasteiger charge is 2.17. The highest BCUT2D eigenvalue weighted by Crippen LogP contribution is 2.37. The number of phenols is 2. The van der Waals surface area contributed by atoms with Crippen LogP contribution in [0.4, 0.5) is 0 Å². The van der Waals surface area contributed by atoms with Gasteiger partial charge >= 0.3 is 0 Å². The summed E-state index contributed by atoms with van der Waals surface area (Å²) >= 11 is 0. The molecule has 1 aromatic rings. The Morgan fingerprint density at radius 2 is 1.04 bits per heavy atom. The van der Waals surface area contributed by atoms with E-state index in [2.05, 4.69) is 20.8 Å². The van der Waals surface area contributed by atoms with Gasteiger partial charge in [0.05, 0.1) is 0 Å². The molecule has 2 N–H and O–H groups in total. The van der Waals surface area contributed by atoms with Crippen LogP contribution in [0, 0.1) is 0 Å². The Kier molecular flexibility index (Phi) is 12.3. The first kappa shape index (κ1) is 22.9. The summed E-state index contributed by atoms with van der Waals surface area (Å²) < 4.78 is 0. The average Bonchev–Trinajstić information content (AvgIpc) is 2.64. The average molecular weight is 363 g/mol. The van der Waals surface area contributed by atoms with Gasteiger partial charge in [0.25, 0.3) is 0 Å². The van der Waals surface area contributed by atoms with Gasteiger partial charge in [-0.15, -0.1) is 0 Å². The second kappa shape index (κ2) is 13.9. The third-order valence-corrected chi connectivity index (χ3v) is 5.45. The molecule has 0 bridgehead atoms. The smallest absolute Gasteiger partial charge is 0.160 e. The van der Waals surface area contributed by atoms with Crippen LogP contribution in [-0.2, 0) is 19.3 Å². The summed E-state index contributed by atoms with van der Waals surface area (Å²) in [4.78, 5) is 0. The minimum Gasteiger partial charge on any atom is -0.504 e. The normalized spacial score (nSPS) is 11.2. The zero-order chi connectivity index (χ0) is 19.2. The number of hydrogen-bond acceptors (Lipinski definition) is 2. The Morgan fingerprint density at radius 3 is 1.54 bits per heavy atom. The monoisotopic (exact) mass is 362 g/mol. The van der Waals surface area contributed by atoms with E-state index < -0.39 is 0 Å². The molecule has 2 heteroatoms. The van der Waals surface area contributed by atoms with E-state index >= 15 is 0 Å². The van der Waals surface area contributed by atoms with Crippen molar-refractivity contribution in [3.63, 3.8) is 0 Å². The molecule has 0 aliphatic carbocycles. The van der Waals surface area contributed by atoms with Crippen LogP contribution in [0.3, 0.4) is 0 Å². The lowest BCUT2D eigenvalue weighted by molar-refractivity contribution is 0.396. The van der Waals surface area contributed by atoms with Crippen LogP contribution in [-0.4, -0.2) is 10.2 Å². The number of unbranched alkanes of at least 4 members (excludes halogenated alkanes) is 9. The van der Waals surface area contributed by atoms with Gasteiger partial charge in [0, 0.05) is 5.56 Å². The van der Waals surface area contributed by atoms with Gasteiger partial charge in [0.2, 0.25) is 0 Å². The number of aromatic hydroxyl groups is 2. The third-order valence-electron chi connectivity index (χ3n) is 5.45. The van der Waals surface area contributed by atoms with Gasteiger partial charge in [-0.3, -0.25) is 0 Å². The first-order valence-corrected chi connectivity index (χ1v) is 11.2. The molecule has 0 radical (unpaired) electrons. The standard InChI is InChI=1S/C24H42O2/c1-4-7-10-13-16-20-19-23(25)24(26)22(18-15-12-9-6-3)21(20)17-14-11-8-5-2/h19,25-26H,4-18H2,1-3H3. The number of aryl methyl sites for hydroxylation is 1. The van der Waals surface area contributed by atoms with E-state index in [1.807, 2.05) is 6.07 Å². The highest BCUT2D eigenvalue weighted by molar-refractivity contribution is 5.53. The predicted molar refractivity (Wildman–Crippen MR) is 113 cm³/mol. The minimum absolute atomic E-state index is 0.0818. The van der Waals surface area contributed by atoms with E-state index in [1.165, 1.54) is 81.8 Å². The second-order valence-corrected chi connectivity index (χ2v) is 7.79. The van der Waals surface area contributed by atoms with Crippen molar-refractivity contribution in [2.75, 3.05) is 0 Å². The molecule has 0 aromatic heterocycles. The fourth-order valence-electron chi connectivity index (χ4n) is 3.81. The van der Waals surface area contributed by atoms with Gasteiger partial charge in [0.15, 0.2) is 11.5 Å². The number of phenolic OH excluding ortho intramolecular Hbond substituents is 2. The predicted octanol–water partition coefficient (Wildman–Crippen LogP) is 7.47. The van der Waals surface area contributed by atoms with Crippen molar-refractivity contribution in [1.29, 1.82) is 0 Å². The van der Waals surface area contributed by atoms with Crippen molar-refractivity contribution in [1.82, 2.24) is 0 Å². The van der Waals surface area contributed by atoms with E-state index in [-0.39, 0.29) is 11.5 Å². The molecule has 0 aliphatic rings. The van der Waals surface area contributed by atoms with E-state index in [0.29, 0.717) is 0 Å². The molecule has 0 saturated heterocycles. The molecule has 2 nitrogen and oxygen atoms in total. The lowest BCUT2D eigenvalue weighted by Crippen LogP contribution is -2.03. The quantitative estimate of drug-likeness (QED) is 0.251. The van der Waals surface area contributed by atoms with Gasteiger partial charge in [-0.1, -0.05) is 78.6 Å². The Bertz CT molecular complexity index is 493. The Balaban J connectivity index is 2.93. The molecule has 1 aromatic carbocycles. The van der Waals surface area contributed by atoms with Crippen LogP contribution in [0.5, 0.6) is 11.5 Å². The lowest BCUT2D eigenvalue weighted by atomic mass is 9.89. The molecule has 150 valence electrons. The van der Waals surface area contributed by atoms with Crippen LogP contribution in [0.15, 0.2) is 6.07 Å². The first-order chi connectivity index (χ1) is 12.7. The zero-order valence-electron chi connectivity index (χ0n) is 17.6. The number of benzene rings is 1. The van der Waals surface area contributed by atoms with Gasteiger partial charge in [-0.25, -0.2) is 0 Å². The second-order valence-electron chi connectivity index (χ2n) is 7.79. The summed E-state index contributed by atoms with van der Waals surface area (Å²) in [5, 5.41) is 20.8. The van der Waals surface area contributed by atoms with Crippen molar-refractivity contribution in [2.45, 2.75) is 117 Å².